The summed E-state index contributed by atoms with van der Waals surface area (Å²) in [6.45, 7) is 0. The maximum atomic E-state index is 12.4. The Balaban J connectivity index is 2.49. The zero-order valence-corrected chi connectivity index (χ0v) is 8.44. The molecule has 3 nitrogen and oxygen atoms in total. The molecule has 0 aliphatic heterocycles. The summed E-state index contributed by atoms with van der Waals surface area (Å²) >= 11 is 0. The number of nitrogens with zero attached hydrogens (tertiary/aromatic N) is 3. The van der Waals surface area contributed by atoms with Gasteiger partial charge in [-0.2, -0.15) is 23.5 Å². The highest BCUT2D eigenvalue weighted by Crippen LogP contribution is 2.29. The van der Waals surface area contributed by atoms with E-state index in [-0.39, 0.29) is 5.56 Å². The average molecular weight is 237 g/mol. The SMILES string of the molecule is N#Cc1ccccc1-n1cc(C(F)(F)F)cn1. The highest BCUT2D eigenvalue weighted by atomic mass is 19.4. The largest absolute Gasteiger partial charge is 0.419 e. The van der Waals surface area contributed by atoms with Gasteiger partial charge in [0.15, 0.2) is 0 Å². The van der Waals surface area contributed by atoms with Crippen LogP contribution < -0.4 is 0 Å². The molecule has 0 saturated heterocycles. The lowest BCUT2D eigenvalue weighted by molar-refractivity contribution is -0.137. The lowest BCUT2D eigenvalue weighted by Gasteiger charge is -2.03. The lowest BCUT2D eigenvalue weighted by Crippen LogP contribution is -2.03. The maximum Gasteiger partial charge on any atom is 0.419 e. The smallest absolute Gasteiger partial charge is 0.239 e. The van der Waals surface area contributed by atoms with Crippen molar-refractivity contribution in [1.29, 1.82) is 5.26 Å². The van der Waals surface area contributed by atoms with Crippen molar-refractivity contribution >= 4 is 0 Å². The van der Waals surface area contributed by atoms with Gasteiger partial charge >= 0.3 is 6.18 Å². The molecule has 0 saturated carbocycles. The van der Waals surface area contributed by atoms with Gasteiger partial charge in [-0.3, -0.25) is 0 Å². The molecule has 2 aromatic rings. The van der Waals surface area contributed by atoms with Crippen molar-refractivity contribution < 1.29 is 13.2 Å². The number of halogens is 3. The van der Waals surface area contributed by atoms with Gasteiger partial charge < -0.3 is 0 Å². The first-order valence-electron chi connectivity index (χ1n) is 4.64. The number of hydrogen-bond acceptors (Lipinski definition) is 2. The molecule has 0 radical (unpaired) electrons. The molecule has 0 amide bonds. The third kappa shape index (κ3) is 2.13. The summed E-state index contributed by atoms with van der Waals surface area (Å²) in [5.74, 6) is 0. The number of alkyl halides is 3. The molecular weight excluding hydrogens is 231 g/mol. The fourth-order valence-corrected chi connectivity index (χ4v) is 1.37. The molecule has 0 atom stereocenters. The van der Waals surface area contributed by atoms with E-state index < -0.39 is 11.7 Å². The van der Waals surface area contributed by atoms with E-state index >= 15 is 0 Å². The lowest BCUT2D eigenvalue weighted by atomic mass is 10.2. The van der Waals surface area contributed by atoms with Crippen LogP contribution in [0.15, 0.2) is 36.7 Å². The monoisotopic (exact) mass is 237 g/mol. The van der Waals surface area contributed by atoms with Crippen molar-refractivity contribution in [3.8, 4) is 11.8 Å². The molecule has 0 fully saturated rings. The van der Waals surface area contributed by atoms with E-state index in [1.807, 2.05) is 6.07 Å². The van der Waals surface area contributed by atoms with E-state index in [9.17, 15) is 13.2 Å². The van der Waals surface area contributed by atoms with Gasteiger partial charge in [-0.15, -0.1) is 0 Å². The van der Waals surface area contributed by atoms with Crippen LogP contribution in [0, 0.1) is 11.3 Å². The van der Waals surface area contributed by atoms with Crippen molar-refractivity contribution in [3.05, 3.63) is 47.8 Å². The van der Waals surface area contributed by atoms with Gasteiger partial charge in [-0.05, 0) is 12.1 Å². The van der Waals surface area contributed by atoms with Crippen LogP contribution in [-0.4, -0.2) is 9.78 Å². The van der Waals surface area contributed by atoms with E-state index in [0.29, 0.717) is 5.69 Å². The van der Waals surface area contributed by atoms with Crippen molar-refractivity contribution in [2.75, 3.05) is 0 Å². The highest BCUT2D eigenvalue weighted by Gasteiger charge is 2.32. The summed E-state index contributed by atoms with van der Waals surface area (Å²) < 4.78 is 38.2. The Morgan fingerprint density at radius 2 is 1.94 bits per heavy atom. The minimum atomic E-state index is -4.43. The molecule has 0 aliphatic rings. The number of benzene rings is 1. The predicted molar refractivity (Wildman–Crippen MR) is 53.3 cm³/mol. The third-order valence-corrected chi connectivity index (χ3v) is 2.18. The number of para-hydroxylation sites is 1. The Morgan fingerprint density at radius 1 is 1.24 bits per heavy atom. The molecule has 6 heteroatoms. The van der Waals surface area contributed by atoms with Crippen molar-refractivity contribution in [1.82, 2.24) is 9.78 Å². The molecule has 0 bridgehead atoms. The van der Waals surface area contributed by atoms with Crippen LogP contribution in [0.4, 0.5) is 13.2 Å². The van der Waals surface area contributed by atoms with Crippen LogP contribution >= 0.6 is 0 Å². The fraction of sp³-hybridized carbons (Fsp3) is 0.0909. The second-order valence-electron chi connectivity index (χ2n) is 3.30. The van der Waals surface area contributed by atoms with Crippen LogP contribution in [-0.2, 0) is 6.18 Å². The van der Waals surface area contributed by atoms with E-state index in [2.05, 4.69) is 5.10 Å². The highest BCUT2D eigenvalue weighted by molar-refractivity contribution is 5.48. The summed E-state index contributed by atoms with van der Waals surface area (Å²) in [4.78, 5) is 0. The molecule has 2 rings (SSSR count). The summed E-state index contributed by atoms with van der Waals surface area (Å²) in [7, 11) is 0. The first-order valence-corrected chi connectivity index (χ1v) is 4.64. The summed E-state index contributed by atoms with van der Waals surface area (Å²) in [5, 5.41) is 12.4. The number of hydrogen-bond donors (Lipinski definition) is 0. The standard InChI is InChI=1S/C11H6F3N3/c12-11(13,14)9-6-16-17(7-9)10-4-2-1-3-8(10)5-15/h1-4,6-7H. The zero-order valence-electron chi connectivity index (χ0n) is 8.44. The molecule has 1 heterocycles. The number of aromatic nitrogens is 2. The molecule has 86 valence electrons. The minimum Gasteiger partial charge on any atom is -0.239 e. The second-order valence-corrected chi connectivity index (χ2v) is 3.30. The first kappa shape index (κ1) is 11.2. The topological polar surface area (TPSA) is 41.6 Å². The summed E-state index contributed by atoms with van der Waals surface area (Å²) in [5.41, 5.74) is -0.250. The van der Waals surface area contributed by atoms with Gasteiger partial charge in [0.05, 0.1) is 23.0 Å². The van der Waals surface area contributed by atoms with Gasteiger partial charge in [-0.25, -0.2) is 4.68 Å². The van der Waals surface area contributed by atoms with E-state index in [4.69, 9.17) is 5.26 Å². The van der Waals surface area contributed by atoms with E-state index in [1.165, 1.54) is 12.1 Å². The van der Waals surface area contributed by atoms with Crippen LogP contribution in [0.5, 0.6) is 0 Å². The first-order chi connectivity index (χ1) is 8.02. The maximum absolute atomic E-state index is 12.4. The van der Waals surface area contributed by atoms with Crippen LogP contribution in [0.2, 0.25) is 0 Å². The van der Waals surface area contributed by atoms with Crippen molar-refractivity contribution in [2.24, 2.45) is 0 Å². The fourth-order valence-electron chi connectivity index (χ4n) is 1.37. The van der Waals surface area contributed by atoms with Gasteiger partial charge in [0.1, 0.15) is 6.07 Å². The molecule has 0 spiro atoms. The average Bonchev–Trinajstić information content (AvgIpc) is 2.77. The molecule has 0 N–H and O–H groups in total. The van der Waals surface area contributed by atoms with Gasteiger partial charge in [0.25, 0.3) is 0 Å². The van der Waals surface area contributed by atoms with Gasteiger partial charge in [0.2, 0.25) is 0 Å². The summed E-state index contributed by atoms with van der Waals surface area (Å²) in [6, 6.07) is 8.22. The van der Waals surface area contributed by atoms with Gasteiger partial charge in [0, 0.05) is 6.20 Å². The Kier molecular flexibility index (Phi) is 2.60. The second kappa shape index (κ2) is 3.94. The Labute approximate surface area is 94.7 Å². The zero-order chi connectivity index (χ0) is 12.5. The normalized spacial score (nSPS) is 11.2. The Morgan fingerprint density at radius 3 is 2.53 bits per heavy atom. The van der Waals surface area contributed by atoms with Crippen LogP contribution in [0.3, 0.4) is 0 Å². The minimum absolute atomic E-state index is 0.268. The van der Waals surface area contributed by atoms with Crippen LogP contribution in [0.1, 0.15) is 11.1 Å². The quantitative estimate of drug-likeness (QED) is 0.765. The molecule has 1 aromatic heterocycles. The van der Waals surface area contributed by atoms with Crippen molar-refractivity contribution in [3.63, 3.8) is 0 Å². The third-order valence-electron chi connectivity index (χ3n) is 2.18. The van der Waals surface area contributed by atoms with Crippen molar-refractivity contribution in [2.45, 2.75) is 6.18 Å². The molecule has 0 unspecified atom stereocenters. The Hall–Kier alpha value is -2.29. The number of rotatable bonds is 1. The number of nitriles is 1. The summed E-state index contributed by atoms with van der Waals surface area (Å²) in [6.07, 6.45) is -2.84. The Bertz CT molecular complexity index is 578. The van der Waals surface area contributed by atoms with E-state index in [0.717, 1.165) is 17.1 Å². The molecule has 0 aliphatic carbocycles. The predicted octanol–water partition coefficient (Wildman–Crippen LogP) is 2.76. The van der Waals surface area contributed by atoms with Gasteiger partial charge in [-0.1, -0.05) is 12.1 Å². The van der Waals surface area contributed by atoms with Crippen LogP contribution in [0.25, 0.3) is 5.69 Å². The molecule has 1 aromatic carbocycles. The molecule has 17 heavy (non-hydrogen) atoms. The molecular formula is C11H6F3N3. The van der Waals surface area contributed by atoms with E-state index in [1.54, 1.807) is 12.1 Å².